The van der Waals surface area contributed by atoms with Gasteiger partial charge in [-0.3, -0.25) is 0 Å². The number of halogens is 2. The molecule has 1 aromatic carbocycles. The Balaban J connectivity index is 0.00000256. The van der Waals surface area contributed by atoms with E-state index >= 15 is 0 Å². The molecule has 0 radical (unpaired) electrons. The third-order valence-electron chi connectivity index (χ3n) is 2.84. The summed E-state index contributed by atoms with van der Waals surface area (Å²) in [7, 11) is 0. The average Bonchev–Trinajstić information content (AvgIpc) is 2.17. The second-order valence-electron chi connectivity index (χ2n) is 5.28. The molecule has 4 heteroatoms. The fourth-order valence-electron chi connectivity index (χ4n) is 1.42. The first-order valence-electron chi connectivity index (χ1n) is 5.50. The van der Waals surface area contributed by atoms with E-state index < -0.39 is 6.10 Å². The highest BCUT2D eigenvalue weighted by molar-refractivity contribution is 9.10. The zero-order chi connectivity index (χ0) is 12.3. The van der Waals surface area contributed by atoms with Gasteiger partial charge in [0.2, 0.25) is 0 Å². The molecule has 0 saturated carbocycles. The lowest BCUT2D eigenvalue weighted by atomic mass is 9.83. The van der Waals surface area contributed by atoms with Crippen molar-refractivity contribution in [3.63, 3.8) is 0 Å². The molecule has 2 atom stereocenters. The summed E-state index contributed by atoms with van der Waals surface area (Å²) in [5.41, 5.74) is 6.99. The SMILES string of the molecule is CC(C)(C)[C@@H](N)C[C@H](O)c1ccc(Br)cc1.Cl. The molecule has 0 heterocycles. The minimum Gasteiger partial charge on any atom is -0.388 e. The van der Waals surface area contributed by atoms with E-state index in [1.807, 2.05) is 24.3 Å². The molecule has 0 aliphatic heterocycles. The van der Waals surface area contributed by atoms with E-state index in [-0.39, 0.29) is 23.9 Å². The number of rotatable bonds is 3. The summed E-state index contributed by atoms with van der Waals surface area (Å²) >= 11 is 3.37. The maximum absolute atomic E-state index is 10.0. The van der Waals surface area contributed by atoms with Crippen LogP contribution in [0.2, 0.25) is 0 Å². The molecular formula is C13H21BrClNO. The molecule has 0 spiro atoms. The van der Waals surface area contributed by atoms with Gasteiger partial charge in [0.1, 0.15) is 0 Å². The summed E-state index contributed by atoms with van der Waals surface area (Å²) < 4.78 is 1.02. The van der Waals surface area contributed by atoms with Crippen LogP contribution in [-0.4, -0.2) is 11.1 Å². The van der Waals surface area contributed by atoms with Crippen molar-refractivity contribution in [2.75, 3.05) is 0 Å². The van der Waals surface area contributed by atoms with E-state index in [2.05, 4.69) is 36.7 Å². The van der Waals surface area contributed by atoms with Gasteiger partial charge in [-0.15, -0.1) is 12.4 Å². The third kappa shape index (κ3) is 5.38. The molecule has 0 aliphatic rings. The Morgan fingerprint density at radius 2 is 1.71 bits per heavy atom. The summed E-state index contributed by atoms with van der Waals surface area (Å²) in [6.45, 7) is 6.27. The van der Waals surface area contributed by atoms with Crippen LogP contribution < -0.4 is 5.73 Å². The quantitative estimate of drug-likeness (QED) is 0.892. The third-order valence-corrected chi connectivity index (χ3v) is 3.37. The highest BCUT2D eigenvalue weighted by Gasteiger charge is 2.23. The van der Waals surface area contributed by atoms with E-state index in [1.165, 1.54) is 0 Å². The van der Waals surface area contributed by atoms with Crippen LogP contribution in [0.15, 0.2) is 28.7 Å². The first-order chi connectivity index (χ1) is 7.30. The van der Waals surface area contributed by atoms with Gasteiger partial charge in [0.25, 0.3) is 0 Å². The fourth-order valence-corrected chi connectivity index (χ4v) is 1.68. The smallest absolute Gasteiger partial charge is 0.0805 e. The van der Waals surface area contributed by atoms with Crippen LogP contribution in [0.4, 0.5) is 0 Å². The molecule has 0 fully saturated rings. The molecule has 0 aromatic heterocycles. The van der Waals surface area contributed by atoms with Crippen molar-refractivity contribution >= 4 is 28.3 Å². The van der Waals surface area contributed by atoms with Crippen molar-refractivity contribution in [2.45, 2.75) is 39.3 Å². The maximum Gasteiger partial charge on any atom is 0.0805 e. The average molecular weight is 323 g/mol. The van der Waals surface area contributed by atoms with Gasteiger partial charge in [-0.1, -0.05) is 48.8 Å². The summed E-state index contributed by atoms with van der Waals surface area (Å²) in [6.07, 6.45) is 0.104. The van der Waals surface area contributed by atoms with Crippen molar-refractivity contribution in [3.8, 4) is 0 Å². The van der Waals surface area contributed by atoms with Crippen LogP contribution in [-0.2, 0) is 0 Å². The minimum atomic E-state index is -0.484. The van der Waals surface area contributed by atoms with Crippen LogP contribution in [0.5, 0.6) is 0 Å². The Morgan fingerprint density at radius 1 is 1.24 bits per heavy atom. The van der Waals surface area contributed by atoms with Crippen LogP contribution >= 0.6 is 28.3 Å². The molecule has 1 aromatic rings. The van der Waals surface area contributed by atoms with Gasteiger partial charge in [-0.2, -0.15) is 0 Å². The summed E-state index contributed by atoms with van der Waals surface area (Å²) in [5, 5.41) is 10.0. The highest BCUT2D eigenvalue weighted by Crippen LogP contribution is 2.27. The van der Waals surface area contributed by atoms with Crippen molar-refractivity contribution in [1.82, 2.24) is 0 Å². The molecule has 98 valence electrons. The van der Waals surface area contributed by atoms with Crippen LogP contribution in [0.3, 0.4) is 0 Å². The Morgan fingerprint density at radius 3 is 2.12 bits per heavy atom. The van der Waals surface area contributed by atoms with Crippen molar-refractivity contribution < 1.29 is 5.11 Å². The van der Waals surface area contributed by atoms with Crippen molar-refractivity contribution in [1.29, 1.82) is 0 Å². The zero-order valence-electron chi connectivity index (χ0n) is 10.5. The largest absolute Gasteiger partial charge is 0.388 e. The summed E-state index contributed by atoms with van der Waals surface area (Å²) in [5.74, 6) is 0. The molecule has 3 N–H and O–H groups in total. The monoisotopic (exact) mass is 321 g/mol. The fraction of sp³-hybridized carbons (Fsp3) is 0.538. The number of nitrogens with two attached hydrogens (primary N) is 1. The van der Waals surface area contributed by atoms with Gasteiger partial charge in [-0.25, -0.2) is 0 Å². The molecular weight excluding hydrogens is 302 g/mol. The molecule has 0 saturated heterocycles. The summed E-state index contributed by atoms with van der Waals surface area (Å²) in [4.78, 5) is 0. The van der Waals surface area contributed by atoms with Crippen molar-refractivity contribution in [2.24, 2.45) is 11.1 Å². The Kier molecular flexibility index (Phi) is 6.70. The van der Waals surface area contributed by atoms with E-state index in [4.69, 9.17) is 5.73 Å². The topological polar surface area (TPSA) is 46.2 Å². The lowest BCUT2D eigenvalue weighted by Gasteiger charge is -2.29. The van der Waals surface area contributed by atoms with E-state index in [9.17, 15) is 5.11 Å². The lowest BCUT2D eigenvalue weighted by molar-refractivity contribution is 0.133. The Hall–Kier alpha value is -0.0900. The number of aliphatic hydroxyl groups is 1. The predicted molar refractivity (Wildman–Crippen MR) is 78.4 cm³/mol. The number of benzene rings is 1. The van der Waals surface area contributed by atoms with Crippen LogP contribution in [0.25, 0.3) is 0 Å². The minimum absolute atomic E-state index is 0. The van der Waals surface area contributed by atoms with Gasteiger partial charge in [0.05, 0.1) is 6.10 Å². The second kappa shape index (κ2) is 6.74. The van der Waals surface area contributed by atoms with Crippen LogP contribution in [0.1, 0.15) is 38.9 Å². The predicted octanol–water partition coefficient (Wildman–Crippen LogP) is 3.67. The van der Waals surface area contributed by atoms with Gasteiger partial charge in [0.15, 0.2) is 0 Å². The Bertz CT molecular complexity index is 334. The molecule has 17 heavy (non-hydrogen) atoms. The molecule has 0 aliphatic carbocycles. The van der Waals surface area contributed by atoms with Crippen molar-refractivity contribution in [3.05, 3.63) is 34.3 Å². The maximum atomic E-state index is 10.0. The Labute approximate surface area is 118 Å². The lowest BCUT2D eigenvalue weighted by Crippen LogP contribution is -2.36. The van der Waals surface area contributed by atoms with Gasteiger partial charge in [-0.05, 0) is 29.5 Å². The molecule has 2 nitrogen and oxygen atoms in total. The van der Waals surface area contributed by atoms with Gasteiger partial charge >= 0.3 is 0 Å². The standard InChI is InChI=1S/C13H20BrNO.ClH/c1-13(2,3)12(15)8-11(16)9-4-6-10(14)7-5-9;/h4-7,11-12,16H,8,15H2,1-3H3;1H/t11-,12-;/m0./s1. The summed E-state index contributed by atoms with van der Waals surface area (Å²) in [6, 6.07) is 7.70. The number of aliphatic hydroxyl groups excluding tert-OH is 1. The van der Waals surface area contributed by atoms with Gasteiger partial charge in [0, 0.05) is 10.5 Å². The molecule has 1 rings (SSSR count). The first kappa shape index (κ1) is 16.9. The second-order valence-corrected chi connectivity index (χ2v) is 6.19. The zero-order valence-corrected chi connectivity index (χ0v) is 12.9. The van der Waals surface area contributed by atoms with E-state index in [1.54, 1.807) is 0 Å². The van der Waals surface area contributed by atoms with E-state index in [0.717, 1.165) is 10.0 Å². The first-order valence-corrected chi connectivity index (χ1v) is 6.29. The number of hydrogen-bond donors (Lipinski definition) is 2. The normalized spacial score (nSPS) is 14.9. The highest BCUT2D eigenvalue weighted by atomic mass is 79.9. The molecule has 0 bridgehead atoms. The van der Waals surface area contributed by atoms with Crippen LogP contribution in [0, 0.1) is 5.41 Å². The van der Waals surface area contributed by atoms with Gasteiger partial charge < -0.3 is 10.8 Å². The molecule has 0 amide bonds. The molecule has 0 unspecified atom stereocenters. The van der Waals surface area contributed by atoms with E-state index in [0.29, 0.717) is 6.42 Å². The number of hydrogen-bond acceptors (Lipinski definition) is 2.